The van der Waals surface area contributed by atoms with Crippen molar-refractivity contribution in [2.45, 2.75) is 18.4 Å². The van der Waals surface area contributed by atoms with Crippen LogP contribution in [0.15, 0.2) is 65.6 Å². The normalized spacial score (nSPS) is 11.5. The fourth-order valence-electron chi connectivity index (χ4n) is 2.74. The summed E-state index contributed by atoms with van der Waals surface area (Å²) in [4.78, 5) is 11.7. The van der Waals surface area contributed by atoms with Gasteiger partial charge in [0.15, 0.2) is 0 Å². The van der Waals surface area contributed by atoms with E-state index in [0.717, 1.165) is 16.3 Å². The predicted molar refractivity (Wildman–Crippen MR) is 100 cm³/mol. The number of rotatable bonds is 5. The van der Waals surface area contributed by atoms with Crippen LogP contribution in [0, 0.1) is 6.92 Å². The van der Waals surface area contributed by atoms with Gasteiger partial charge in [0.1, 0.15) is 0 Å². The maximum absolute atomic E-state index is 12.7. The van der Waals surface area contributed by atoms with Gasteiger partial charge < -0.3 is 4.74 Å². The molecule has 0 unspecified atom stereocenters. The fraction of sp³-hybridized carbons (Fsp3) is 0.150. The van der Waals surface area contributed by atoms with Crippen molar-refractivity contribution < 1.29 is 17.9 Å². The van der Waals surface area contributed by atoms with E-state index in [4.69, 9.17) is 0 Å². The van der Waals surface area contributed by atoms with Crippen molar-refractivity contribution in [3.05, 3.63) is 77.4 Å². The Morgan fingerprint density at radius 3 is 2.46 bits per heavy atom. The first-order valence-electron chi connectivity index (χ1n) is 8.07. The Morgan fingerprint density at radius 2 is 1.73 bits per heavy atom. The van der Waals surface area contributed by atoms with Gasteiger partial charge in [0, 0.05) is 6.54 Å². The lowest BCUT2D eigenvalue weighted by atomic mass is 10.1. The number of hydrogen-bond acceptors (Lipinski definition) is 4. The molecule has 0 aromatic heterocycles. The van der Waals surface area contributed by atoms with Crippen molar-refractivity contribution in [1.29, 1.82) is 0 Å². The molecule has 3 aromatic carbocycles. The summed E-state index contributed by atoms with van der Waals surface area (Å²) in [6.07, 6.45) is 0. The summed E-state index contributed by atoms with van der Waals surface area (Å²) >= 11 is 0. The van der Waals surface area contributed by atoms with Crippen LogP contribution >= 0.6 is 0 Å². The first kappa shape index (κ1) is 18.1. The number of sulfonamides is 1. The van der Waals surface area contributed by atoms with Crippen LogP contribution in [-0.2, 0) is 21.3 Å². The van der Waals surface area contributed by atoms with Gasteiger partial charge in [-0.2, -0.15) is 0 Å². The highest BCUT2D eigenvalue weighted by atomic mass is 32.2. The summed E-state index contributed by atoms with van der Waals surface area (Å²) in [5.41, 5.74) is 1.61. The average Bonchev–Trinajstić information content (AvgIpc) is 2.66. The minimum absolute atomic E-state index is 0.0705. The molecule has 26 heavy (non-hydrogen) atoms. The second kappa shape index (κ2) is 7.27. The minimum atomic E-state index is -3.76. The van der Waals surface area contributed by atoms with Crippen LogP contribution in [-0.4, -0.2) is 21.5 Å². The van der Waals surface area contributed by atoms with Crippen LogP contribution in [0.5, 0.6) is 0 Å². The van der Waals surface area contributed by atoms with E-state index in [-0.39, 0.29) is 17.0 Å². The second-order valence-corrected chi connectivity index (χ2v) is 7.71. The van der Waals surface area contributed by atoms with Crippen LogP contribution in [0.25, 0.3) is 10.8 Å². The Morgan fingerprint density at radius 1 is 1.00 bits per heavy atom. The van der Waals surface area contributed by atoms with Gasteiger partial charge in [-0.05, 0) is 47.0 Å². The lowest BCUT2D eigenvalue weighted by Crippen LogP contribution is -2.24. The van der Waals surface area contributed by atoms with Crippen molar-refractivity contribution >= 4 is 26.8 Å². The predicted octanol–water partition coefficient (Wildman–Crippen LogP) is 3.41. The lowest BCUT2D eigenvalue weighted by Gasteiger charge is -2.11. The summed E-state index contributed by atoms with van der Waals surface area (Å²) in [6.45, 7) is 1.85. The molecule has 0 atom stereocenters. The van der Waals surface area contributed by atoms with Gasteiger partial charge in [0.25, 0.3) is 0 Å². The zero-order valence-corrected chi connectivity index (χ0v) is 15.3. The van der Waals surface area contributed by atoms with Gasteiger partial charge in [0.2, 0.25) is 10.0 Å². The van der Waals surface area contributed by atoms with E-state index < -0.39 is 16.0 Å². The topological polar surface area (TPSA) is 72.5 Å². The largest absolute Gasteiger partial charge is 0.465 e. The standard InChI is InChI=1S/C20H19NO4S/c1-14-7-9-18(20(22)25-2)12-19(14)26(23,24)21-13-15-8-10-16-5-3-4-6-17(16)11-15/h3-12,21H,13H2,1-2H3. The molecular formula is C20H19NO4S. The summed E-state index contributed by atoms with van der Waals surface area (Å²) < 4.78 is 32.6. The quantitative estimate of drug-likeness (QED) is 0.700. The fourth-order valence-corrected chi connectivity index (χ4v) is 4.03. The van der Waals surface area contributed by atoms with E-state index in [1.165, 1.54) is 13.2 Å². The van der Waals surface area contributed by atoms with E-state index in [1.807, 2.05) is 42.5 Å². The van der Waals surface area contributed by atoms with E-state index in [1.54, 1.807) is 19.1 Å². The summed E-state index contributed by atoms with van der Waals surface area (Å²) in [5, 5.41) is 2.15. The molecule has 0 saturated carbocycles. The smallest absolute Gasteiger partial charge is 0.337 e. The number of carbonyl (C=O) groups excluding carboxylic acids is 1. The molecule has 0 heterocycles. The Balaban J connectivity index is 1.85. The second-order valence-electron chi connectivity index (χ2n) is 5.98. The number of aryl methyl sites for hydroxylation is 1. The van der Waals surface area contributed by atoms with Crippen molar-refractivity contribution in [1.82, 2.24) is 4.72 Å². The van der Waals surface area contributed by atoms with Crippen molar-refractivity contribution in [3.8, 4) is 0 Å². The van der Waals surface area contributed by atoms with Gasteiger partial charge in [0.05, 0.1) is 17.6 Å². The SMILES string of the molecule is COC(=O)c1ccc(C)c(S(=O)(=O)NCc2ccc3ccccc3c2)c1. The first-order valence-corrected chi connectivity index (χ1v) is 9.55. The Hall–Kier alpha value is -2.70. The Bertz CT molecular complexity index is 1070. The number of carbonyl (C=O) groups is 1. The van der Waals surface area contributed by atoms with Gasteiger partial charge in [-0.3, -0.25) is 0 Å². The molecule has 6 heteroatoms. The average molecular weight is 369 g/mol. The molecule has 0 bridgehead atoms. The molecule has 0 aliphatic rings. The molecule has 0 aliphatic carbocycles. The molecule has 0 saturated heterocycles. The van der Waals surface area contributed by atoms with Crippen LogP contribution in [0.1, 0.15) is 21.5 Å². The number of methoxy groups -OCH3 is 1. The molecule has 3 aromatic rings. The maximum Gasteiger partial charge on any atom is 0.337 e. The number of ether oxygens (including phenoxy) is 1. The van der Waals surface area contributed by atoms with Crippen molar-refractivity contribution in [2.75, 3.05) is 7.11 Å². The molecule has 0 radical (unpaired) electrons. The third kappa shape index (κ3) is 3.76. The van der Waals surface area contributed by atoms with Crippen LogP contribution < -0.4 is 4.72 Å². The van der Waals surface area contributed by atoms with E-state index in [2.05, 4.69) is 9.46 Å². The molecule has 0 fully saturated rings. The van der Waals surface area contributed by atoms with Crippen molar-refractivity contribution in [3.63, 3.8) is 0 Å². The molecule has 134 valence electrons. The molecule has 0 aliphatic heterocycles. The zero-order valence-electron chi connectivity index (χ0n) is 14.5. The summed E-state index contributed by atoms with van der Waals surface area (Å²) in [6, 6.07) is 18.2. The number of esters is 1. The van der Waals surface area contributed by atoms with Crippen LogP contribution in [0.3, 0.4) is 0 Å². The molecular weight excluding hydrogens is 350 g/mol. The van der Waals surface area contributed by atoms with Crippen LogP contribution in [0.2, 0.25) is 0 Å². The summed E-state index contributed by atoms with van der Waals surface area (Å²) in [5.74, 6) is -0.573. The lowest BCUT2D eigenvalue weighted by molar-refractivity contribution is 0.0600. The number of fused-ring (bicyclic) bond motifs is 1. The molecule has 3 rings (SSSR count). The molecule has 5 nitrogen and oxygen atoms in total. The third-order valence-corrected chi connectivity index (χ3v) is 5.72. The molecule has 1 N–H and O–H groups in total. The van der Waals surface area contributed by atoms with Gasteiger partial charge in [-0.15, -0.1) is 0 Å². The highest BCUT2D eigenvalue weighted by Crippen LogP contribution is 2.19. The number of hydrogen-bond donors (Lipinski definition) is 1. The third-order valence-electron chi connectivity index (χ3n) is 4.18. The van der Waals surface area contributed by atoms with E-state index in [9.17, 15) is 13.2 Å². The van der Waals surface area contributed by atoms with Gasteiger partial charge >= 0.3 is 5.97 Å². The number of benzene rings is 3. The van der Waals surface area contributed by atoms with Crippen LogP contribution in [0.4, 0.5) is 0 Å². The highest BCUT2D eigenvalue weighted by molar-refractivity contribution is 7.89. The first-order chi connectivity index (χ1) is 12.4. The zero-order chi connectivity index (χ0) is 18.7. The van der Waals surface area contributed by atoms with Crippen molar-refractivity contribution in [2.24, 2.45) is 0 Å². The van der Waals surface area contributed by atoms with E-state index in [0.29, 0.717) is 5.56 Å². The summed E-state index contributed by atoms with van der Waals surface area (Å²) in [7, 11) is -2.51. The van der Waals surface area contributed by atoms with Gasteiger partial charge in [-0.25, -0.2) is 17.9 Å². The number of nitrogens with one attached hydrogen (secondary N) is 1. The molecule has 0 spiro atoms. The Kier molecular flexibility index (Phi) is 5.06. The van der Waals surface area contributed by atoms with E-state index >= 15 is 0 Å². The maximum atomic E-state index is 12.7. The highest BCUT2D eigenvalue weighted by Gasteiger charge is 2.19. The Labute approximate surface area is 152 Å². The van der Waals surface area contributed by atoms with Gasteiger partial charge in [-0.1, -0.05) is 42.5 Å². The molecule has 0 amide bonds. The monoisotopic (exact) mass is 369 g/mol. The minimum Gasteiger partial charge on any atom is -0.465 e.